The van der Waals surface area contributed by atoms with E-state index in [0.717, 1.165) is 0 Å². The summed E-state index contributed by atoms with van der Waals surface area (Å²) >= 11 is 0. The molecule has 3 rings (SSSR count). The number of para-hydroxylation sites is 1. The van der Waals surface area contributed by atoms with Crippen LogP contribution in [0.4, 0.5) is 17.1 Å². The fraction of sp³-hybridized carbons (Fsp3) is 0.0667. The number of benzene rings is 2. The van der Waals surface area contributed by atoms with E-state index in [-0.39, 0.29) is 22.9 Å². The molecule has 0 fully saturated rings. The summed E-state index contributed by atoms with van der Waals surface area (Å²) in [5.74, 6) is 0.425. The Morgan fingerprint density at radius 1 is 1.22 bits per heavy atom. The van der Waals surface area contributed by atoms with E-state index < -0.39 is 4.92 Å². The number of hydrogen-bond donors (Lipinski definition) is 2. The number of nitrogens with one attached hydrogen (secondary N) is 1. The minimum Gasteiger partial charge on any atom is -0.497 e. The van der Waals surface area contributed by atoms with Crippen LogP contribution in [0.2, 0.25) is 0 Å². The highest BCUT2D eigenvalue weighted by atomic mass is 16.6. The van der Waals surface area contributed by atoms with Gasteiger partial charge in [0.2, 0.25) is 5.88 Å². The van der Waals surface area contributed by atoms with E-state index in [1.165, 1.54) is 19.2 Å². The second-order valence-electron chi connectivity index (χ2n) is 4.68. The van der Waals surface area contributed by atoms with Gasteiger partial charge in [0.25, 0.3) is 5.69 Å². The van der Waals surface area contributed by atoms with Crippen LogP contribution in [-0.4, -0.2) is 22.1 Å². The molecule has 2 N–H and O–H groups in total. The SMILES string of the molecule is COc1ccc2[nH]c(O)c(N=Nc3ccccc3[N+](=O)[O-])c2c1. The first kappa shape index (κ1) is 14.5. The zero-order chi connectivity index (χ0) is 16.4. The van der Waals surface area contributed by atoms with Crippen molar-refractivity contribution in [2.75, 3.05) is 7.11 Å². The van der Waals surface area contributed by atoms with Crippen molar-refractivity contribution in [3.05, 3.63) is 52.6 Å². The Labute approximate surface area is 130 Å². The fourth-order valence-electron chi connectivity index (χ4n) is 2.18. The Morgan fingerprint density at radius 3 is 2.74 bits per heavy atom. The van der Waals surface area contributed by atoms with Gasteiger partial charge < -0.3 is 14.8 Å². The van der Waals surface area contributed by atoms with E-state index >= 15 is 0 Å². The molecule has 2 aromatic carbocycles. The largest absolute Gasteiger partial charge is 0.497 e. The van der Waals surface area contributed by atoms with Crippen molar-refractivity contribution < 1.29 is 14.8 Å². The summed E-state index contributed by atoms with van der Waals surface area (Å²) in [5.41, 5.74) is 0.791. The normalized spacial score (nSPS) is 11.2. The van der Waals surface area contributed by atoms with Gasteiger partial charge in [0, 0.05) is 11.5 Å². The van der Waals surface area contributed by atoms with Crippen molar-refractivity contribution in [3.63, 3.8) is 0 Å². The number of hydrogen-bond acceptors (Lipinski definition) is 6. The number of rotatable bonds is 4. The quantitative estimate of drug-likeness (QED) is 0.427. The van der Waals surface area contributed by atoms with Crippen LogP contribution in [-0.2, 0) is 0 Å². The van der Waals surface area contributed by atoms with E-state index in [0.29, 0.717) is 16.7 Å². The smallest absolute Gasteiger partial charge is 0.296 e. The Bertz CT molecular complexity index is 917. The number of nitro groups is 1. The van der Waals surface area contributed by atoms with Crippen LogP contribution in [0.5, 0.6) is 11.6 Å². The van der Waals surface area contributed by atoms with E-state index in [1.807, 2.05) is 0 Å². The van der Waals surface area contributed by atoms with Gasteiger partial charge in [-0.05, 0) is 24.3 Å². The number of aromatic amines is 1. The molecule has 0 aliphatic carbocycles. The maximum atomic E-state index is 11.0. The van der Waals surface area contributed by atoms with Gasteiger partial charge in [0.1, 0.15) is 5.75 Å². The van der Waals surface area contributed by atoms with Gasteiger partial charge in [0.05, 0.1) is 17.5 Å². The van der Waals surface area contributed by atoms with Crippen LogP contribution in [0.3, 0.4) is 0 Å². The van der Waals surface area contributed by atoms with E-state index in [9.17, 15) is 15.2 Å². The number of aromatic nitrogens is 1. The molecule has 1 aromatic heterocycles. The Kier molecular flexibility index (Phi) is 3.63. The number of azo groups is 1. The zero-order valence-corrected chi connectivity index (χ0v) is 12.1. The van der Waals surface area contributed by atoms with E-state index in [2.05, 4.69) is 15.2 Å². The summed E-state index contributed by atoms with van der Waals surface area (Å²) in [4.78, 5) is 13.2. The van der Waals surface area contributed by atoms with E-state index in [4.69, 9.17) is 4.74 Å². The summed E-state index contributed by atoms with van der Waals surface area (Å²) in [6, 6.07) is 11.2. The highest BCUT2D eigenvalue weighted by Crippen LogP contribution is 2.38. The van der Waals surface area contributed by atoms with Crippen molar-refractivity contribution in [1.82, 2.24) is 4.98 Å². The highest BCUT2D eigenvalue weighted by Gasteiger charge is 2.14. The average Bonchev–Trinajstić information content (AvgIpc) is 2.87. The molecular formula is C15H12N4O4. The molecule has 0 spiro atoms. The van der Waals surface area contributed by atoms with Crippen molar-refractivity contribution in [2.24, 2.45) is 10.2 Å². The molecule has 0 aliphatic rings. The molecule has 0 unspecified atom stereocenters. The molecule has 0 saturated carbocycles. The number of H-pyrrole nitrogens is 1. The molecule has 23 heavy (non-hydrogen) atoms. The molecular weight excluding hydrogens is 300 g/mol. The average molecular weight is 312 g/mol. The number of fused-ring (bicyclic) bond motifs is 1. The van der Waals surface area contributed by atoms with Crippen molar-refractivity contribution in [3.8, 4) is 11.6 Å². The minimum atomic E-state index is -0.535. The van der Waals surface area contributed by atoms with Gasteiger partial charge in [0.15, 0.2) is 11.4 Å². The molecule has 8 nitrogen and oxygen atoms in total. The number of aromatic hydroxyl groups is 1. The van der Waals surface area contributed by atoms with Gasteiger partial charge in [-0.1, -0.05) is 12.1 Å². The second-order valence-corrected chi connectivity index (χ2v) is 4.68. The third-order valence-corrected chi connectivity index (χ3v) is 3.30. The molecule has 0 radical (unpaired) electrons. The van der Waals surface area contributed by atoms with Crippen LogP contribution in [0.1, 0.15) is 0 Å². The van der Waals surface area contributed by atoms with Crippen molar-refractivity contribution in [1.29, 1.82) is 0 Å². The monoisotopic (exact) mass is 312 g/mol. The molecule has 1 heterocycles. The molecule has 0 saturated heterocycles. The highest BCUT2D eigenvalue weighted by molar-refractivity contribution is 5.95. The summed E-state index contributed by atoms with van der Waals surface area (Å²) in [7, 11) is 1.53. The van der Waals surface area contributed by atoms with Gasteiger partial charge in [-0.25, -0.2) is 0 Å². The fourth-order valence-corrected chi connectivity index (χ4v) is 2.18. The molecule has 0 bridgehead atoms. The first-order chi connectivity index (χ1) is 11.1. The summed E-state index contributed by atoms with van der Waals surface area (Å²) < 4.78 is 5.14. The molecule has 116 valence electrons. The zero-order valence-electron chi connectivity index (χ0n) is 12.1. The minimum absolute atomic E-state index is 0.106. The molecule has 0 aliphatic heterocycles. The first-order valence-corrected chi connectivity index (χ1v) is 6.64. The molecule has 8 heteroatoms. The van der Waals surface area contributed by atoms with Crippen LogP contribution >= 0.6 is 0 Å². The van der Waals surface area contributed by atoms with Gasteiger partial charge >= 0.3 is 0 Å². The second kappa shape index (κ2) is 5.76. The standard InChI is InChI=1S/C15H12N4O4/c1-23-9-6-7-11-10(8-9)14(15(20)16-11)18-17-12-4-2-3-5-13(12)19(21)22/h2-8,16,20H,1H3. The predicted molar refractivity (Wildman–Crippen MR) is 83.8 cm³/mol. The first-order valence-electron chi connectivity index (χ1n) is 6.64. The van der Waals surface area contributed by atoms with Gasteiger partial charge in [-0.2, -0.15) is 0 Å². The third-order valence-electron chi connectivity index (χ3n) is 3.30. The maximum Gasteiger partial charge on any atom is 0.296 e. The Balaban J connectivity index is 2.08. The lowest BCUT2D eigenvalue weighted by Gasteiger charge is -1.99. The van der Waals surface area contributed by atoms with Gasteiger partial charge in [-0.3, -0.25) is 10.1 Å². The number of nitrogens with zero attached hydrogens (tertiary/aromatic N) is 3. The predicted octanol–water partition coefficient (Wildman–Crippen LogP) is 4.21. The van der Waals surface area contributed by atoms with Crippen LogP contribution in [0, 0.1) is 10.1 Å². The van der Waals surface area contributed by atoms with Gasteiger partial charge in [-0.15, -0.1) is 10.2 Å². The van der Waals surface area contributed by atoms with E-state index in [1.54, 1.807) is 30.3 Å². The van der Waals surface area contributed by atoms with Crippen LogP contribution in [0.25, 0.3) is 10.9 Å². The lowest BCUT2D eigenvalue weighted by molar-refractivity contribution is -0.384. The van der Waals surface area contributed by atoms with Crippen LogP contribution in [0.15, 0.2) is 52.7 Å². The summed E-state index contributed by atoms with van der Waals surface area (Å²) in [5, 5.41) is 29.4. The van der Waals surface area contributed by atoms with Crippen molar-refractivity contribution >= 4 is 28.0 Å². The Morgan fingerprint density at radius 2 is 2.00 bits per heavy atom. The topological polar surface area (TPSA) is 113 Å². The number of ether oxygens (including phenoxy) is 1. The van der Waals surface area contributed by atoms with Crippen LogP contribution < -0.4 is 4.74 Å². The summed E-state index contributed by atoms with van der Waals surface area (Å²) in [6.45, 7) is 0. The summed E-state index contributed by atoms with van der Waals surface area (Å²) in [6.07, 6.45) is 0. The lowest BCUT2D eigenvalue weighted by Crippen LogP contribution is -1.86. The van der Waals surface area contributed by atoms with Crippen molar-refractivity contribution in [2.45, 2.75) is 0 Å². The number of methoxy groups -OCH3 is 1. The molecule has 0 amide bonds. The lowest BCUT2D eigenvalue weighted by atomic mass is 10.2. The number of nitro benzene ring substituents is 1. The third kappa shape index (κ3) is 2.69. The maximum absolute atomic E-state index is 11.0. The Hall–Kier alpha value is -3.42. The molecule has 3 aromatic rings. The molecule has 0 atom stereocenters.